The van der Waals surface area contributed by atoms with Gasteiger partial charge in [0, 0.05) is 133 Å². The molecule has 0 aromatic carbocycles. The van der Waals surface area contributed by atoms with Gasteiger partial charge in [-0.1, -0.05) is 6.07 Å². The van der Waals surface area contributed by atoms with E-state index in [1.54, 1.807) is 46.1 Å². The zero-order chi connectivity index (χ0) is 80.3. The van der Waals surface area contributed by atoms with Gasteiger partial charge in [0.1, 0.15) is 45.5 Å². The number of hydrogen-bond acceptors (Lipinski definition) is 28. The highest BCUT2D eigenvalue weighted by Crippen LogP contribution is 2.19. The van der Waals surface area contributed by atoms with E-state index >= 15 is 0 Å². The molecule has 4 aromatic heterocycles. The molecule has 0 bridgehead atoms. The molecular formula is C83H149N5O21S2. The lowest BCUT2D eigenvalue weighted by Crippen LogP contribution is -2.32. The quantitative estimate of drug-likeness (QED) is 0.185. The molecule has 0 saturated carbocycles. The molecule has 13 aliphatic heterocycles. The van der Waals surface area contributed by atoms with Gasteiger partial charge in [0.15, 0.2) is 0 Å². The lowest BCUT2D eigenvalue weighted by Gasteiger charge is -2.21. The summed E-state index contributed by atoms with van der Waals surface area (Å²) in [5, 5.41) is 2.20. The molecule has 28 heteroatoms. The van der Waals surface area contributed by atoms with Crippen LogP contribution in [0.2, 0.25) is 0 Å². The molecule has 13 fully saturated rings. The maximum Gasteiger partial charge on any atom is 0.215 e. The standard InChI is InChI=1S/3C7H9NO.C7H10S.C5H11NO.C5H11NS.3C5H10O.4C4H8O2.2C4H8O.2C3H6O2/c1-6-3-4-8-5-7(6)9-2;1-6-7(9-2)4-3-5-8-6;1-6-4-3-5-8-7(6)9-2;1-5-4-8-7(3)6(5)2;2*1-6-2-4-7-5-3-6;3*1-2-4-6-5-3-1;1-2-6-4-3-5-1;3*1-2-5-4-6-3-1;2*1-2-4-5-3-1;2*1-2-5-3-4-1/h3*3-5H,1-2H3;4H,1-3H3;2*2-5H2,1H3;3*1-5H2;4*1-4H2;2*1-4H2;2*1-3H2. The Hall–Kier alpha value is -3.90. The highest BCUT2D eigenvalue weighted by atomic mass is 32.2. The summed E-state index contributed by atoms with van der Waals surface area (Å²) in [5.74, 6) is 5.06. The number of methoxy groups -OCH3 is 3. The van der Waals surface area contributed by atoms with Gasteiger partial charge >= 0.3 is 0 Å². The molecule has 0 atom stereocenters. The Balaban J connectivity index is 0.000000591. The number of likely N-dealkylation sites (N-methyl/N-ethyl adjacent to an activating group) is 1. The van der Waals surface area contributed by atoms with E-state index in [9.17, 15) is 0 Å². The van der Waals surface area contributed by atoms with Crippen molar-refractivity contribution in [1.82, 2.24) is 24.8 Å². The van der Waals surface area contributed by atoms with Crippen LogP contribution in [0.5, 0.6) is 17.4 Å². The normalized spacial score (nSPS) is 19.5. The molecule has 111 heavy (non-hydrogen) atoms. The predicted molar refractivity (Wildman–Crippen MR) is 442 cm³/mol. The molecule has 4 aromatic rings. The van der Waals surface area contributed by atoms with Gasteiger partial charge < -0.3 is 109 Å². The van der Waals surface area contributed by atoms with Crippen LogP contribution in [-0.2, 0) is 85.3 Å². The fourth-order valence-electron chi connectivity index (χ4n) is 9.40. The molecule has 13 aliphatic rings. The number of aryl methyl sites for hydroxylation is 5. The molecule has 13 saturated heterocycles. The summed E-state index contributed by atoms with van der Waals surface area (Å²) in [6, 6.07) is 9.51. The van der Waals surface area contributed by atoms with Crippen LogP contribution < -0.4 is 14.2 Å². The van der Waals surface area contributed by atoms with Gasteiger partial charge in [-0.05, 0) is 205 Å². The van der Waals surface area contributed by atoms with Crippen LogP contribution in [-0.4, -0.2) is 304 Å². The highest BCUT2D eigenvalue weighted by Gasteiger charge is 2.06. The lowest BCUT2D eigenvalue weighted by molar-refractivity contribution is -0.0965. The third-order valence-electron chi connectivity index (χ3n) is 16.5. The zero-order valence-corrected chi connectivity index (χ0v) is 72.0. The van der Waals surface area contributed by atoms with Crippen molar-refractivity contribution in [2.24, 2.45) is 0 Å². The van der Waals surface area contributed by atoms with Gasteiger partial charge in [-0.2, -0.15) is 11.8 Å². The first-order chi connectivity index (χ1) is 54.5. The molecular weight excluding hydrogens is 1470 g/mol. The Labute approximate surface area is 677 Å². The molecule has 26 nitrogen and oxygen atoms in total. The van der Waals surface area contributed by atoms with Crippen LogP contribution in [0.15, 0.2) is 60.5 Å². The van der Waals surface area contributed by atoms with Crippen LogP contribution in [0.3, 0.4) is 0 Å². The Bertz CT molecular complexity index is 2080. The predicted octanol–water partition coefficient (Wildman–Crippen LogP) is 13.8. The number of hydrogen-bond donors (Lipinski definition) is 0. The Morgan fingerprint density at radius 1 is 0.315 bits per heavy atom. The number of nitrogens with zero attached hydrogens (tertiary/aromatic N) is 5. The Morgan fingerprint density at radius 3 is 0.847 bits per heavy atom. The average molecular weight is 1620 g/mol. The van der Waals surface area contributed by atoms with E-state index in [0.29, 0.717) is 39.8 Å². The van der Waals surface area contributed by atoms with E-state index in [-0.39, 0.29) is 0 Å². The fourth-order valence-corrected chi connectivity index (χ4v) is 11.4. The first-order valence-electron chi connectivity index (χ1n) is 40.2. The Morgan fingerprint density at radius 2 is 0.649 bits per heavy atom. The summed E-state index contributed by atoms with van der Waals surface area (Å²) in [7, 11) is 9.20. The van der Waals surface area contributed by atoms with Gasteiger partial charge in [-0.15, -0.1) is 11.3 Å². The number of pyridine rings is 3. The summed E-state index contributed by atoms with van der Waals surface area (Å²) < 4.78 is 103. The summed E-state index contributed by atoms with van der Waals surface area (Å²) in [5.41, 5.74) is 6.00. The van der Waals surface area contributed by atoms with Gasteiger partial charge in [-0.3, -0.25) is 9.97 Å². The van der Waals surface area contributed by atoms with E-state index in [0.717, 1.165) is 232 Å². The third-order valence-corrected chi connectivity index (χ3v) is 18.6. The molecule has 0 aliphatic carbocycles. The minimum absolute atomic E-state index is 0.500. The minimum atomic E-state index is 0.500. The number of ether oxygens (including phenoxy) is 21. The average Bonchev–Trinajstić information content (AvgIpc) is 1.88. The second-order valence-electron chi connectivity index (χ2n) is 26.0. The van der Waals surface area contributed by atoms with Gasteiger partial charge in [0.05, 0.1) is 139 Å². The monoisotopic (exact) mass is 1620 g/mol. The van der Waals surface area contributed by atoms with Crippen LogP contribution in [0.1, 0.15) is 136 Å². The zero-order valence-electron chi connectivity index (χ0n) is 70.4. The molecule has 644 valence electrons. The van der Waals surface area contributed by atoms with Crippen molar-refractivity contribution in [2.75, 3.05) is 279 Å². The number of rotatable bonds is 3. The van der Waals surface area contributed by atoms with Gasteiger partial charge in [0.25, 0.3) is 0 Å². The molecule has 0 N–H and O–H groups in total. The Kier molecular flexibility index (Phi) is 79.6. The number of thiophene rings is 1. The first kappa shape index (κ1) is 105. The van der Waals surface area contributed by atoms with E-state index in [4.69, 9.17) is 99.5 Å². The molecule has 17 heterocycles. The molecule has 0 radical (unpaired) electrons. The largest absolute Gasteiger partial charge is 0.495 e. The van der Waals surface area contributed by atoms with Crippen LogP contribution in [0.25, 0.3) is 0 Å². The van der Waals surface area contributed by atoms with E-state index in [1.807, 2.05) is 62.4 Å². The van der Waals surface area contributed by atoms with E-state index < -0.39 is 0 Å². The maximum atomic E-state index is 5.10. The van der Waals surface area contributed by atoms with Crippen molar-refractivity contribution in [2.45, 2.75) is 144 Å². The molecule has 0 unspecified atom stereocenters. The summed E-state index contributed by atoms with van der Waals surface area (Å²) in [6.07, 6.45) is 27.0. The number of aromatic nitrogens is 3. The van der Waals surface area contributed by atoms with Crippen molar-refractivity contribution in [1.29, 1.82) is 0 Å². The van der Waals surface area contributed by atoms with Crippen molar-refractivity contribution < 1.29 is 99.5 Å². The van der Waals surface area contributed by atoms with Crippen molar-refractivity contribution >= 4 is 23.1 Å². The molecule has 0 spiro atoms. The lowest BCUT2D eigenvalue weighted by atomic mass is 10.2. The van der Waals surface area contributed by atoms with Crippen molar-refractivity contribution in [3.8, 4) is 17.4 Å². The van der Waals surface area contributed by atoms with E-state index in [1.165, 1.54) is 124 Å². The van der Waals surface area contributed by atoms with Crippen LogP contribution >= 0.6 is 23.1 Å². The van der Waals surface area contributed by atoms with Crippen molar-refractivity contribution in [3.63, 3.8) is 0 Å². The third kappa shape index (κ3) is 72.3. The van der Waals surface area contributed by atoms with E-state index in [2.05, 4.69) is 76.8 Å². The second-order valence-corrected chi connectivity index (χ2v) is 28.3. The maximum absolute atomic E-state index is 5.10. The number of morpholine rings is 1. The van der Waals surface area contributed by atoms with Gasteiger partial charge in [-0.25, -0.2) is 4.98 Å². The van der Waals surface area contributed by atoms with Crippen LogP contribution in [0, 0.1) is 41.5 Å². The SMILES string of the molecule is C1CCOC1.C1CCOC1.C1CCOCC1.C1CCOCC1.C1CCOCC1.C1COCCO1.C1COCO1.C1COCO1.C1COCOC1.C1COCOC1.C1COCOC1.CN1CCOCC1.CN1CCSCC1.COc1cccnc1C.COc1cnccc1C.COc1ncccc1C.Cc1csc(C)c1C. The summed E-state index contributed by atoms with van der Waals surface area (Å²) >= 11 is 3.89. The van der Waals surface area contributed by atoms with Crippen LogP contribution in [0.4, 0.5) is 0 Å². The minimum Gasteiger partial charge on any atom is -0.495 e. The van der Waals surface area contributed by atoms with Crippen molar-refractivity contribution in [3.05, 3.63) is 93.3 Å². The molecule has 17 rings (SSSR count). The first-order valence-corrected chi connectivity index (χ1v) is 42.3. The number of thioether (sulfide) groups is 1. The topological polar surface area (TPSA) is 239 Å². The smallest absolute Gasteiger partial charge is 0.215 e. The summed E-state index contributed by atoms with van der Waals surface area (Å²) in [4.78, 5) is 18.0. The second kappa shape index (κ2) is 84.0. The molecule has 0 amide bonds. The summed E-state index contributed by atoms with van der Waals surface area (Å²) in [6.45, 7) is 42.9. The fraction of sp³-hybridized carbons (Fsp3) is 0.771. The highest BCUT2D eigenvalue weighted by molar-refractivity contribution is 7.99. The van der Waals surface area contributed by atoms with Gasteiger partial charge in [0.2, 0.25) is 5.88 Å².